The SMILES string of the molecule is CC12CCC(C1)C(C)(C)C2Nc1cccc(Cl)c1C(N)=S. The molecule has 2 aliphatic carbocycles. The summed E-state index contributed by atoms with van der Waals surface area (Å²) >= 11 is 11.5. The normalized spacial score (nSPS) is 33.1. The Hall–Kier alpha value is -0.800. The molecule has 2 fully saturated rings. The maximum absolute atomic E-state index is 6.29. The molecule has 0 aliphatic heterocycles. The van der Waals surface area contributed by atoms with Crippen LogP contribution in [0.2, 0.25) is 5.02 Å². The fourth-order valence-corrected chi connectivity index (χ4v) is 5.26. The molecule has 4 heteroatoms. The van der Waals surface area contributed by atoms with E-state index >= 15 is 0 Å². The topological polar surface area (TPSA) is 38.0 Å². The quantitative estimate of drug-likeness (QED) is 0.799. The largest absolute Gasteiger partial charge is 0.389 e. The van der Waals surface area contributed by atoms with E-state index in [1.54, 1.807) is 0 Å². The fourth-order valence-electron chi connectivity index (χ4n) is 4.71. The Morgan fingerprint density at radius 1 is 1.38 bits per heavy atom. The molecular weight excluding hydrogens is 300 g/mol. The molecule has 3 rings (SSSR count). The molecular formula is C17H23ClN2S. The lowest BCUT2D eigenvalue weighted by molar-refractivity contribution is 0.155. The van der Waals surface area contributed by atoms with Gasteiger partial charge >= 0.3 is 0 Å². The Morgan fingerprint density at radius 3 is 2.67 bits per heavy atom. The number of hydrogen-bond donors (Lipinski definition) is 2. The molecule has 3 unspecified atom stereocenters. The van der Waals surface area contributed by atoms with Gasteiger partial charge in [0.05, 0.1) is 10.6 Å². The van der Waals surface area contributed by atoms with Gasteiger partial charge in [-0.05, 0) is 48.1 Å². The molecule has 0 saturated heterocycles. The summed E-state index contributed by atoms with van der Waals surface area (Å²) in [6.07, 6.45) is 3.95. The van der Waals surface area contributed by atoms with E-state index in [1.165, 1.54) is 19.3 Å². The van der Waals surface area contributed by atoms with Crippen molar-refractivity contribution in [3.05, 3.63) is 28.8 Å². The van der Waals surface area contributed by atoms with Gasteiger partial charge in [0.15, 0.2) is 0 Å². The van der Waals surface area contributed by atoms with Crippen LogP contribution in [0.4, 0.5) is 5.69 Å². The molecule has 114 valence electrons. The highest BCUT2D eigenvalue weighted by atomic mass is 35.5. The van der Waals surface area contributed by atoms with Crippen LogP contribution in [0.25, 0.3) is 0 Å². The third-order valence-corrected chi connectivity index (χ3v) is 6.35. The number of hydrogen-bond acceptors (Lipinski definition) is 2. The smallest absolute Gasteiger partial charge is 0.107 e. The first-order valence-electron chi connectivity index (χ1n) is 7.60. The second-order valence-electron chi connectivity index (χ2n) is 7.52. The maximum atomic E-state index is 6.29. The van der Waals surface area contributed by atoms with Crippen molar-refractivity contribution in [3.63, 3.8) is 0 Å². The first-order chi connectivity index (χ1) is 9.75. The summed E-state index contributed by atoms with van der Waals surface area (Å²) in [5, 5.41) is 4.37. The number of anilines is 1. The number of fused-ring (bicyclic) bond motifs is 2. The van der Waals surface area contributed by atoms with Crippen molar-refractivity contribution in [3.8, 4) is 0 Å². The summed E-state index contributed by atoms with van der Waals surface area (Å²) < 4.78 is 0. The second kappa shape index (κ2) is 4.85. The molecule has 0 amide bonds. The summed E-state index contributed by atoms with van der Waals surface area (Å²) in [5.41, 5.74) is 8.25. The van der Waals surface area contributed by atoms with E-state index in [4.69, 9.17) is 29.6 Å². The van der Waals surface area contributed by atoms with Crippen molar-refractivity contribution in [2.24, 2.45) is 22.5 Å². The van der Waals surface area contributed by atoms with Crippen LogP contribution in [-0.4, -0.2) is 11.0 Å². The Bertz CT molecular complexity index is 594. The van der Waals surface area contributed by atoms with Gasteiger partial charge in [-0.2, -0.15) is 0 Å². The number of halogens is 1. The summed E-state index contributed by atoms with van der Waals surface area (Å²) in [6.45, 7) is 7.17. The highest BCUT2D eigenvalue weighted by molar-refractivity contribution is 7.80. The van der Waals surface area contributed by atoms with Gasteiger partial charge in [0.1, 0.15) is 4.99 Å². The van der Waals surface area contributed by atoms with Crippen LogP contribution in [-0.2, 0) is 0 Å². The Balaban J connectivity index is 1.98. The van der Waals surface area contributed by atoms with E-state index in [-0.39, 0.29) is 5.41 Å². The predicted octanol–water partition coefficient (Wildman–Crippen LogP) is 4.60. The third-order valence-electron chi connectivity index (χ3n) is 5.83. The van der Waals surface area contributed by atoms with Gasteiger partial charge in [0, 0.05) is 11.7 Å². The third kappa shape index (κ3) is 2.25. The van der Waals surface area contributed by atoms with E-state index < -0.39 is 0 Å². The second-order valence-corrected chi connectivity index (χ2v) is 8.37. The van der Waals surface area contributed by atoms with Crippen molar-refractivity contribution in [1.29, 1.82) is 0 Å². The van der Waals surface area contributed by atoms with Gasteiger partial charge in [0.25, 0.3) is 0 Å². The van der Waals surface area contributed by atoms with Gasteiger partial charge in [-0.15, -0.1) is 0 Å². The molecule has 21 heavy (non-hydrogen) atoms. The molecule has 2 saturated carbocycles. The summed E-state index contributed by atoms with van der Waals surface area (Å²) in [6, 6.07) is 6.26. The molecule has 0 spiro atoms. The van der Waals surface area contributed by atoms with E-state index in [0.29, 0.717) is 21.5 Å². The molecule has 0 aromatic heterocycles. The molecule has 1 aromatic rings. The molecule has 0 radical (unpaired) electrons. The van der Waals surface area contributed by atoms with Crippen LogP contribution in [0.5, 0.6) is 0 Å². The zero-order chi connectivity index (χ0) is 15.4. The molecule has 2 nitrogen and oxygen atoms in total. The predicted molar refractivity (Wildman–Crippen MR) is 94.0 cm³/mol. The van der Waals surface area contributed by atoms with Crippen molar-refractivity contribution in [2.45, 2.75) is 46.1 Å². The lowest BCUT2D eigenvalue weighted by atomic mass is 9.68. The van der Waals surface area contributed by atoms with Crippen LogP contribution in [0, 0.1) is 16.7 Å². The van der Waals surface area contributed by atoms with Crippen LogP contribution in [0.15, 0.2) is 18.2 Å². The van der Waals surface area contributed by atoms with E-state index in [1.807, 2.05) is 18.2 Å². The molecule has 0 heterocycles. The van der Waals surface area contributed by atoms with Crippen LogP contribution in [0.3, 0.4) is 0 Å². The molecule has 1 aromatic carbocycles. The first-order valence-corrected chi connectivity index (χ1v) is 8.39. The molecule has 2 bridgehead atoms. The number of rotatable bonds is 3. The Labute approximate surface area is 137 Å². The number of benzene rings is 1. The lowest BCUT2D eigenvalue weighted by Crippen LogP contribution is -2.46. The van der Waals surface area contributed by atoms with Gasteiger partial charge in [-0.1, -0.05) is 50.7 Å². The summed E-state index contributed by atoms with van der Waals surface area (Å²) in [4.78, 5) is 0.356. The van der Waals surface area contributed by atoms with Crippen LogP contribution in [0.1, 0.15) is 45.6 Å². The van der Waals surface area contributed by atoms with Crippen LogP contribution < -0.4 is 11.1 Å². The minimum absolute atomic E-state index is 0.281. The van der Waals surface area contributed by atoms with Gasteiger partial charge in [-0.3, -0.25) is 0 Å². The highest BCUT2D eigenvalue weighted by Crippen LogP contribution is 2.63. The fraction of sp³-hybridized carbons (Fsp3) is 0.588. The summed E-state index contributed by atoms with van der Waals surface area (Å²) in [5.74, 6) is 0.799. The van der Waals surface area contributed by atoms with Crippen molar-refractivity contribution in [1.82, 2.24) is 0 Å². The average Bonchev–Trinajstić information content (AvgIpc) is 2.85. The van der Waals surface area contributed by atoms with Crippen molar-refractivity contribution < 1.29 is 0 Å². The van der Waals surface area contributed by atoms with Crippen LogP contribution >= 0.6 is 23.8 Å². The van der Waals surface area contributed by atoms with Gasteiger partial charge in [0.2, 0.25) is 0 Å². The Morgan fingerprint density at radius 2 is 2.10 bits per heavy atom. The van der Waals surface area contributed by atoms with Crippen molar-refractivity contribution in [2.75, 3.05) is 5.32 Å². The number of nitrogens with one attached hydrogen (secondary N) is 1. The zero-order valence-corrected chi connectivity index (χ0v) is 14.4. The average molecular weight is 323 g/mol. The number of thiocarbonyl (C=S) groups is 1. The monoisotopic (exact) mass is 322 g/mol. The standard InChI is InChI=1S/C17H23ClN2S/c1-16(2)10-7-8-17(3,9-10)15(16)20-12-6-4-5-11(18)13(12)14(19)21/h4-6,10,15,20H,7-9H2,1-3H3,(H2,19,21). The van der Waals surface area contributed by atoms with Crippen molar-refractivity contribution >= 4 is 34.5 Å². The van der Waals surface area contributed by atoms with E-state index in [2.05, 4.69) is 26.1 Å². The molecule has 2 aliphatic rings. The lowest BCUT2D eigenvalue weighted by Gasteiger charge is -2.44. The van der Waals surface area contributed by atoms with Gasteiger partial charge < -0.3 is 11.1 Å². The van der Waals surface area contributed by atoms with E-state index in [0.717, 1.165) is 17.2 Å². The molecule has 3 atom stereocenters. The Kier molecular flexibility index (Phi) is 3.49. The molecule has 3 N–H and O–H groups in total. The van der Waals surface area contributed by atoms with E-state index in [9.17, 15) is 0 Å². The minimum atomic E-state index is 0.281. The van der Waals surface area contributed by atoms with Gasteiger partial charge in [-0.25, -0.2) is 0 Å². The summed E-state index contributed by atoms with van der Waals surface area (Å²) in [7, 11) is 0. The minimum Gasteiger partial charge on any atom is -0.389 e. The first kappa shape index (κ1) is 15.1. The maximum Gasteiger partial charge on any atom is 0.107 e. The zero-order valence-electron chi connectivity index (χ0n) is 12.9. The highest BCUT2D eigenvalue weighted by Gasteiger charge is 2.59. The number of nitrogens with two attached hydrogens (primary N) is 1.